The highest BCUT2D eigenvalue weighted by Crippen LogP contribution is 2.37. The van der Waals surface area contributed by atoms with Gasteiger partial charge in [-0.2, -0.15) is 13.2 Å². The Labute approximate surface area is 332 Å². The molecule has 298 valence electrons. The number of halogens is 4. The molecule has 5 aromatic rings. The molecule has 0 heterocycles. The maximum atomic E-state index is 13.3. The van der Waals surface area contributed by atoms with Crippen LogP contribution in [0, 0.1) is 13.8 Å². The standard InChI is InChI=1S/C46H50F3N3.C2H6.CH3F/c1-6-9-12-33-14-18-35(19-15-33)39-28-40(36-20-16-34(17-21-36)13-10-7-2)30-41(29-39)38-26-31(4)44(32(5)27-38)52-45(51-43(50)11-8-3)37-22-24-42(25-23-37)46(47,48)49;2*1-2/h14-30H,6-13H2,1-5H3,(H2,50,51,52);1-2H3;1H3. The number of benzene rings is 5. The maximum Gasteiger partial charge on any atom is 0.416 e. The lowest BCUT2D eigenvalue weighted by molar-refractivity contribution is -0.137. The largest absolute Gasteiger partial charge is 0.416 e. The van der Waals surface area contributed by atoms with Gasteiger partial charge in [-0.25, -0.2) is 9.98 Å². The first-order chi connectivity index (χ1) is 27.0. The molecule has 0 aromatic heterocycles. The molecule has 0 saturated carbocycles. The molecule has 0 saturated heterocycles. The lowest BCUT2D eigenvalue weighted by atomic mass is 9.91. The van der Waals surface area contributed by atoms with Crippen LogP contribution in [-0.4, -0.2) is 18.8 Å². The van der Waals surface area contributed by atoms with Crippen LogP contribution >= 0.6 is 0 Å². The molecule has 7 heteroatoms. The second-order valence-corrected chi connectivity index (χ2v) is 13.7. The van der Waals surface area contributed by atoms with Gasteiger partial charge in [0, 0.05) is 12.0 Å². The van der Waals surface area contributed by atoms with Gasteiger partial charge in [0.2, 0.25) is 0 Å². The van der Waals surface area contributed by atoms with Crippen LogP contribution in [-0.2, 0) is 19.0 Å². The molecular weight excluding hydrogens is 707 g/mol. The molecule has 56 heavy (non-hydrogen) atoms. The summed E-state index contributed by atoms with van der Waals surface area (Å²) in [5.41, 5.74) is 18.0. The summed E-state index contributed by atoms with van der Waals surface area (Å²) in [4.78, 5) is 9.52. The highest BCUT2D eigenvalue weighted by Gasteiger charge is 2.30. The summed E-state index contributed by atoms with van der Waals surface area (Å²) < 4.78 is 49.5. The van der Waals surface area contributed by atoms with Crippen LogP contribution in [0.2, 0.25) is 0 Å². The fraction of sp³-hybridized carbons (Fsp3) is 0.347. The van der Waals surface area contributed by atoms with E-state index in [4.69, 9.17) is 10.7 Å². The Morgan fingerprint density at radius 3 is 1.38 bits per heavy atom. The molecule has 0 spiro atoms. The molecule has 5 aromatic carbocycles. The Balaban J connectivity index is 0.00000204. The molecule has 0 aliphatic carbocycles. The van der Waals surface area contributed by atoms with E-state index in [0.717, 1.165) is 64.8 Å². The Hall–Kier alpha value is -5.04. The molecule has 0 aliphatic heterocycles. The summed E-state index contributed by atoms with van der Waals surface area (Å²) in [6.45, 7) is 14.4. The zero-order valence-electron chi connectivity index (χ0n) is 34.5. The third-order valence-electron chi connectivity index (χ3n) is 9.41. The zero-order chi connectivity index (χ0) is 41.3. The lowest BCUT2D eigenvalue weighted by Gasteiger charge is -2.15. The smallest absolute Gasteiger partial charge is 0.387 e. The van der Waals surface area contributed by atoms with E-state index in [-0.39, 0.29) is 5.84 Å². The summed E-state index contributed by atoms with van der Waals surface area (Å²) >= 11 is 0. The molecule has 0 radical (unpaired) electrons. The molecule has 0 atom stereocenters. The van der Waals surface area contributed by atoms with E-state index in [1.807, 2.05) is 34.6 Å². The molecule has 3 nitrogen and oxygen atoms in total. The van der Waals surface area contributed by atoms with E-state index in [0.29, 0.717) is 30.7 Å². The van der Waals surface area contributed by atoms with Gasteiger partial charge >= 0.3 is 6.18 Å². The quantitative estimate of drug-likeness (QED) is 0.0724. The Kier molecular flexibility index (Phi) is 18.2. The van der Waals surface area contributed by atoms with E-state index >= 15 is 0 Å². The van der Waals surface area contributed by atoms with Crippen molar-refractivity contribution in [3.8, 4) is 33.4 Å². The molecule has 0 amide bonds. The maximum absolute atomic E-state index is 13.3. The minimum atomic E-state index is -4.43. The SMILES string of the molecule is CC.CCCCc1ccc(-c2cc(-c3ccc(CCCC)cc3)cc(-c3cc(C)c(N=C(N=C(N)CCC)c4ccc(C(F)(F)F)cc4)c(C)c3)c2)cc1.CF. The van der Waals surface area contributed by atoms with Gasteiger partial charge in [-0.1, -0.05) is 108 Å². The summed E-state index contributed by atoms with van der Waals surface area (Å²) in [6.07, 6.45) is 3.76. The van der Waals surface area contributed by atoms with Crippen molar-refractivity contribution in [2.24, 2.45) is 15.7 Å². The summed E-state index contributed by atoms with van der Waals surface area (Å²) in [5, 5.41) is 0. The van der Waals surface area contributed by atoms with Crippen LogP contribution in [0.4, 0.5) is 23.2 Å². The van der Waals surface area contributed by atoms with Crippen molar-refractivity contribution < 1.29 is 17.6 Å². The van der Waals surface area contributed by atoms with Gasteiger partial charge in [0.25, 0.3) is 0 Å². The zero-order valence-corrected chi connectivity index (χ0v) is 34.5. The van der Waals surface area contributed by atoms with E-state index in [1.165, 1.54) is 60.1 Å². The van der Waals surface area contributed by atoms with Crippen molar-refractivity contribution >= 4 is 17.4 Å². The second-order valence-electron chi connectivity index (χ2n) is 13.7. The van der Waals surface area contributed by atoms with Crippen molar-refractivity contribution in [3.63, 3.8) is 0 Å². The van der Waals surface area contributed by atoms with Crippen LogP contribution in [0.15, 0.2) is 113 Å². The number of nitrogens with two attached hydrogens (primary N) is 1. The number of alkyl halides is 4. The van der Waals surface area contributed by atoms with Gasteiger partial charge < -0.3 is 5.73 Å². The summed E-state index contributed by atoms with van der Waals surface area (Å²) in [7, 11) is 0.500. The van der Waals surface area contributed by atoms with Crippen molar-refractivity contribution in [1.82, 2.24) is 0 Å². The Morgan fingerprint density at radius 2 is 0.982 bits per heavy atom. The van der Waals surface area contributed by atoms with E-state index < -0.39 is 11.7 Å². The van der Waals surface area contributed by atoms with Gasteiger partial charge in [-0.05, 0) is 144 Å². The predicted octanol–water partition coefficient (Wildman–Crippen LogP) is 14.9. The van der Waals surface area contributed by atoms with Crippen LogP contribution in [0.1, 0.15) is 107 Å². The third-order valence-corrected chi connectivity index (χ3v) is 9.41. The van der Waals surface area contributed by atoms with Gasteiger partial charge in [0.05, 0.1) is 18.4 Å². The second kappa shape index (κ2) is 22.5. The van der Waals surface area contributed by atoms with Gasteiger partial charge in [0.1, 0.15) is 5.84 Å². The number of hydrogen-bond donors (Lipinski definition) is 1. The number of aliphatic imine (C=N–C) groups is 2. The average molecular weight is 766 g/mol. The van der Waals surface area contributed by atoms with Crippen molar-refractivity contribution in [2.45, 2.75) is 106 Å². The fourth-order valence-electron chi connectivity index (χ4n) is 6.43. The number of aryl methyl sites for hydroxylation is 4. The van der Waals surface area contributed by atoms with Crippen molar-refractivity contribution in [1.29, 1.82) is 0 Å². The van der Waals surface area contributed by atoms with E-state index in [2.05, 4.69) is 97.7 Å². The molecule has 5 rings (SSSR count). The van der Waals surface area contributed by atoms with Crippen LogP contribution in [0.5, 0.6) is 0 Å². The average Bonchev–Trinajstić information content (AvgIpc) is 3.21. The van der Waals surface area contributed by atoms with Crippen LogP contribution in [0.25, 0.3) is 33.4 Å². The van der Waals surface area contributed by atoms with E-state index in [1.54, 1.807) is 0 Å². The highest BCUT2D eigenvalue weighted by molar-refractivity contribution is 6.07. The Morgan fingerprint density at radius 1 is 0.571 bits per heavy atom. The van der Waals surface area contributed by atoms with Crippen LogP contribution in [0.3, 0.4) is 0 Å². The molecule has 0 aliphatic rings. The number of rotatable bonds is 13. The molecule has 0 unspecified atom stereocenters. The Bertz CT molecular complexity index is 1910. The normalized spacial score (nSPS) is 11.7. The van der Waals surface area contributed by atoms with E-state index in [9.17, 15) is 17.6 Å². The fourth-order valence-corrected chi connectivity index (χ4v) is 6.43. The summed E-state index contributed by atoms with van der Waals surface area (Å²) in [6, 6.07) is 33.8. The van der Waals surface area contributed by atoms with Gasteiger partial charge in [0.15, 0.2) is 5.84 Å². The monoisotopic (exact) mass is 765 g/mol. The topological polar surface area (TPSA) is 50.7 Å². The lowest BCUT2D eigenvalue weighted by Crippen LogP contribution is -2.14. The minimum Gasteiger partial charge on any atom is -0.387 e. The van der Waals surface area contributed by atoms with Crippen molar-refractivity contribution in [3.05, 3.63) is 137 Å². The van der Waals surface area contributed by atoms with Crippen molar-refractivity contribution in [2.75, 3.05) is 7.18 Å². The third kappa shape index (κ3) is 12.8. The minimum absolute atomic E-state index is 0.285. The molecule has 2 N–H and O–H groups in total. The number of hydrogen-bond acceptors (Lipinski definition) is 1. The first-order valence-electron chi connectivity index (χ1n) is 19.9. The molecule has 0 fully saturated rings. The number of amidine groups is 2. The van der Waals surface area contributed by atoms with Crippen LogP contribution < -0.4 is 5.73 Å². The summed E-state index contributed by atoms with van der Waals surface area (Å²) in [5.74, 6) is 0.668. The highest BCUT2D eigenvalue weighted by atomic mass is 19.4. The number of unbranched alkanes of at least 4 members (excludes halogenated alkanes) is 2. The predicted molar refractivity (Wildman–Crippen MR) is 232 cm³/mol. The first kappa shape index (κ1) is 45.4. The van der Waals surface area contributed by atoms with Gasteiger partial charge in [-0.15, -0.1) is 0 Å². The first-order valence-corrected chi connectivity index (χ1v) is 19.9. The number of nitrogens with zero attached hydrogens (tertiary/aromatic N) is 2. The molecule has 0 bridgehead atoms. The molecular formula is C49H59F4N3. The van der Waals surface area contributed by atoms with Gasteiger partial charge in [-0.3, -0.25) is 4.39 Å².